The Morgan fingerprint density at radius 2 is 1.75 bits per heavy atom. The minimum absolute atomic E-state index is 0.0537. The lowest BCUT2D eigenvalue weighted by atomic mass is 10.1. The van der Waals surface area contributed by atoms with Crippen molar-refractivity contribution in [3.05, 3.63) is 53.6 Å². The first kappa shape index (κ1) is 13.4. The SMILES string of the molecule is NC(=O)c1ccccc1Oc1ccc(C(=O)O)cc1N. The molecule has 0 fully saturated rings. The first-order valence-electron chi connectivity index (χ1n) is 5.68. The number of para-hydroxylation sites is 1. The van der Waals surface area contributed by atoms with E-state index in [2.05, 4.69) is 0 Å². The summed E-state index contributed by atoms with van der Waals surface area (Å²) in [7, 11) is 0. The molecular weight excluding hydrogens is 260 g/mol. The van der Waals surface area contributed by atoms with Crippen molar-refractivity contribution in [2.75, 3.05) is 5.73 Å². The summed E-state index contributed by atoms with van der Waals surface area (Å²) in [5.74, 6) is -1.19. The third kappa shape index (κ3) is 2.69. The van der Waals surface area contributed by atoms with Gasteiger partial charge in [0, 0.05) is 0 Å². The second kappa shape index (κ2) is 5.31. The van der Waals surface area contributed by atoms with Gasteiger partial charge in [-0.2, -0.15) is 0 Å². The van der Waals surface area contributed by atoms with E-state index in [0.29, 0.717) is 0 Å². The zero-order valence-electron chi connectivity index (χ0n) is 10.4. The van der Waals surface area contributed by atoms with Gasteiger partial charge in [0.25, 0.3) is 5.91 Å². The summed E-state index contributed by atoms with van der Waals surface area (Å²) < 4.78 is 5.52. The fraction of sp³-hybridized carbons (Fsp3) is 0. The summed E-state index contributed by atoms with van der Waals surface area (Å²) in [5, 5.41) is 8.85. The van der Waals surface area contributed by atoms with E-state index >= 15 is 0 Å². The normalized spacial score (nSPS) is 10.0. The Labute approximate surface area is 114 Å². The van der Waals surface area contributed by atoms with E-state index in [1.54, 1.807) is 18.2 Å². The van der Waals surface area contributed by atoms with Crippen molar-refractivity contribution in [2.24, 2.45) is 5.73 Å². The lowest BCUT2D eigenvalue weighted by Gasteiger charge is -2.11. The monoisotopic (exact) mass is 272 g/mol. The summed E-state index contributed by atoms with van der Waals surface area (Å²) in [5.41, 5.74) is 11.4. The molecular formula is C14H12N2O4. The zero-order valence-corrected chi connectivity index (χ0v) is 10.4. The maximum absolute atomic E-state index is 11.3. The summed E-state index contributed by atoms with van der Waals surface area (Å²) in [4.78, 5) is 22.1. The van der Waals surface area contributed by atoms with Crippen LogP contribution in [0.4, 0.5) is 5.69 Å². The molecule has 20 heavy (non-hydrogen) atoms. The number of carbonyl (C=O) groups excluding carboxylic acids is 1. The highest BCUT2D eigenvalue weighted by Crippen LogP contribution is 2.30. The third-order valence-corrected chi connectivity index (χ3v) is 2.63. The van der Waals surface area contributed by atoms with Crippen molar-refractivity contribution in [2.45, 2.75) is 0 Å². The highest BCUT2D eigenvalue weighted by atomic mass is 16.5. The number of anilines is 1. The molecule has 6 heteroatoms. The van der Waals surface area contributed by atoms with Crippen LogP contribution in [-0.4, -0.2) is 17.0 Å². The van der Waals surface area contributed by atoms with E-state index in [0.717, 1.165) is 0 Å². The maximum Gasteiger partial charge on any atom is 0.335 e. The summed E-state index contributed by atoms with van der Waals surface area (Å²) in [6.45, 7) is 0. The second-order valence-corrected chi connectivity index (χ2v) is 4.02. The second-order valence-electron chi connectivity index (χ2n) is 4.02. The number of hydrogen-bond donors (Lipinski definition) is 3. The number of carboxylic acid groups (broad SMARTS) is 1. The minimum Gasteiger partial charge on any atom is -0.478 e. The fourth-order valence-electron chi connectivity index (χ4n) is 1.65. The lowest BCUT2D eigenvalue weighted by molar-refractivity contribution is 0.0696. The van der Waals surface area contributed by atoms with Gasteiger partial charge in [0.15, 0.2) is 0 Å². The molecule has 0 aliphatic rings. The van der Waals surface area contributed by atoms with Crippen molar-refractivity contribution in [3.63, 3.8) is 0 Å². The first-order chi connectivity index (χ1) is 9.49. The van der Waals surface area contributed by atoms with Crippen LogP contribution in [0, 0.1) is 0 Å². The molecule has 0 heterocycles. The van der Waals surface area contributed by atoms with Gasteiger partial charge in [0.05, 0.1) is 16.8 Å². The van der Waals surface area contributed by atoms with Gasteiger partial charge >= 0.3 is 5.97 Å². The van der Waals surface area contributed by atoms with Gasteiger partial charge in [0.1, 0.15) is 11.5 Å². The van der Waals surface area contributed by atoms with Gasteiger partial charge in [-0.15, -0.1) is 0 Å². The van der Waals surface area contributed by atoms with Crippen LogP contribution in [0.5, 0.6) is 11.5 Å². The van der Waals surface area contributed by atoms with Gasteiger partial charge < -0.3 is 21.3 Å². The highest BCUT2D eigenvalue weighted by molar-refractivity contribution is 5.95. The molecule has 0 radical (unpaired) electrons. The number of nitrogens with two attached hydrogens (primary N) is 2. The van der Waals surface area contributed by atoms with Crippen LogP contribution < -0.4 is 16.2 Å². The molecule has 0 aliphatic heterocycles. The number of carbonyl (C=O) groups is 2. The van der Waals surface area contributed by atoms with Crippen molar-refractivity contribution in [1.29, 1.82) is 0 Å². The largest absolute Gasteiger partial charge is 0.478 e. The minimum atomic E-state index is -1.08. The average Bonchev–Trinajstić information content (AvgIpc) is 2.41. The highest BCUT2D eigenvalue weighted by Gasteiger charge is 2.12. The fourth-order valence-corrected chi connectivity index (χ4v) is 1.65. The molecule has 0 spiro atoms. The van der Waals surface area contributed by atoms with Crippen LogP contribution in [-0.2, 0) is 0 Å². The van der Waals surface area contributed by atoms with Gasteiger partial charge in [-0.05, 0) is 30.3 Å². The van der Waals surface area contributed by atoms with E-state index < -0.39 is 11.9 Å². The Balaban J connectivity index is 2.36. The van der Waals surface area contributed by atoms with Crippen LogP contribution in [0.1, 0.15) is 20.7 Å². The van der Waals surface area contributed by atoms with Crippen molar-refractivity contribution >= 4 is 17.6 Å². The summed E-state index contributed by atoms with van der Waals surface area (Å²) in [6.07, 6.45) is 0. The summed E-state index contributed by atoms with van der Waals surface area (Å²) in [6, 6.07) is 10.5. The number of rotatable bonds is 4. The predicted octanol–water partition coefficient (Wildman–Crippen LogP) is 1.86. The molecule has 0 unspecified atom stereocenters. The molecule has 102 valence electrons. The van der Waals surface area contributed by atoms with Gasteiger partial charge in [-0.3, -0.25) is 4.79 Å². The molecule has 6 nitrogen and oxygen atoms in total. The van der Waals surface area contributed by atoms with E-state index in [1.807, 2.05) is 0 Å². The molecule has 0 bridgehead atoms. The number of ether oxygens (including phenoxy) is 1. The Hall–Kier alpha value is -3.02. The van der Waals surface area contributed by atoms with Gasteiger partial charge in [-0.25, -0.2) is 4.79 Å². The van der Waals surface area contributed by atoms with E-state index in [-0.39, 0.29) is 28.3 Å². The molecule has 2 aromatic carbocycles. The van der Waals surface area contributed by atoms with Crippen LogP contribution in [0.2, 0.25) is 0 Å². The smallest absolute Gasteiger partial charge is 0.335 e. The molecule has 5 N–H and O–H groups in total. The molecule has 0 saturated heterocycles. The lowest BCUT2D eigenvalue weighted by Crippen LogP contribution is -2.12. The Kier molecular flexibility index (Phi) is 3.56. The molecule has 2 rings (SSSR count). The van der Waals surface area contributed by atoms with Crippen LogP contribution in [0.25, 0.3) is 0 Å². The standard InChI is InChI=1S/C14H12N2O4/c15-10-7-8(14(18)19)5-6-12(10)20-11-4-2-1-3-9(11)13(16)17/h1-7H,15H2,(H2,16,17)(H,18,19). The maximum atomic E-state index is 11.3. The number of nitrogen functional groups attached to an aromatic ring is 1. The number of benzene rings is 2. The number of amides is 1. The topological polar surface area (TPSA) is 116 Å². The quantitative estimate of drug-likeness (QED) is 0.734. The van der Waals surface area contributed by atoms with Gasteiger partial charge in [0.2, 0.25) is 0 Å². The Bertz CT molecular complexity index is 683. The molecule has 0 atom stereocenters. The molecule has 0 aliphatic carbocycles. The molecule has 0 saturated carbocycles. The van der Waals surface area contributed by atoms with Crippen molar-refractivity contribution < 1.29 is 19.4 Å². The molecule has 1 amide bonds. The van der Waals surface area contributed by atoms with Crippen LogP contribution in [0.15, 0.2) is 42.5 Å². The third-order valence-electron chi connectivity index (χ3n) is 2.63. The predicted molar refractivity (Wildman–Crippen MR) is 72.8 cm³/mol. The Morgan fingerprint density at radius 3 is 2.35 bits per heavy atom. The van der Waals surface area contributed by atoms with E-state index in [1.165, 1.54) is 24.3 Å². The van der Waals surface area contributed by atoms with E-state index in [9.17, 15) is 9.59 Å². The Morgan fingerprint density at radius 1 is 1.05 bits per heavy atom. The number of aromatic carboxylic acids is 1. The molecule has 0 aromatic heterocycles. The van der Waals surface area contributed by atoms with Gasteiger partial charge in [-0.1, -0.05) is 12.1 Å². The van der Waals surface area contributed by atoms with Crippen molar-refractivity contribution in [3.8, 4) is 11.5 Å². The molecule has 2 aromatic rings. The number of carboxylic acids is 1. The average molecular weight is 272 g/mol. The van der Waals surface area contributed by atoms with Crippen LogP contribution >= 0.6 is 0 Å². The van der Waals surface area contributed by atoms with Crippen molar-refractivity contribution in [1.82, 2.24) is 0 Å². The summed E-state index contributed by atoms with van der Waals surface area (Å²) >= 11 is 0. The number of primary amides is 1. The van der Waals surface area contributed by atoms with Crippen LogP contribution in [0.3, 0.4) is 0 Å². The zero-order chi connectivity index (χ0) is 14.7. The number of hydrogen-bond acceptors (Lipinski definition) is 4. The first-order valence-corrected chi connectivity index (χ1v) is 5.68. The van der Waals surface area contributed by atoms with E-state index in [4.69, 9.17) is 21.3 Å².